The number of amides is 1. The van der Waals surface area contributed by atoms with E-state index in [9.17, 15) is 4.79 Å². The molecule has 1 heterocycles. The summed E-state index contributed by atoms with van der Waals surface area (Å²) in [5, 5.41) is 7.49. The summed E-state index contributed by atoms with van der Waals surface area (Å²) >= 11 is 0. The Hall–Kier alpha value is -2.86. The highest BCUT2D eigenvalue weighted by Gasteiger charge is 2.13. The molecule has 0 aliphatic heterocycles. The Balaban J connectivity index is 2.09. The molecule has 0 saturated heterocycles. The van der Waals surface area contributed by atoms with Crippen molar-refractivity contribution < 1.29 is 9.63 Å². The topological polar surface area (TPSA) is 72.8 Å². The largest absolute Gasteiger partial charge is 0.395 e. The molecule has 30 heavy (non-hydrogen) atoms. The molecular formula is C24H32N4O2. The van der Waals surface area contributed by atoms with Crippen molar-refractivity contribution in [2.45, 2.75) is 39.7 Å². The molecule has 6 heteroatoms. The molecule has 0 bridgehead atoms. The van der Waals surface area contributed by atoms with Crippen LogP contribution < -0.4 is 11.1 Å². The lowest BCUT2D eigenvalue weighted by Crippen LogP contribution is -2.21. The van der Waals surface area contributed by atoms with Gasteiger partial charge in [-0.15, -0.1) is 0 Å². The Kier molecular flexibility index (Phi) is 7.11. The third-order valence-corrected chi connectivity index (χ3v) is 5.54. The monoisotopic (exact) mass is 408 g/mol. The van der Waals surface area contributed by atoms with Gasteiger partial charge in [0.2, 0.25) is 5.91 Å². The number of aryl methyl sites for hydroxylation is 3. The van der Waals surface area contributed by atoms with E-state index in [1.807, 2.05) is 6.07 Å². The van der Waals surface area contributed by atoms with Crippen molar-refractivity contribution >= 4 is 27.7 Å². The van der Waals surface area contributed by atoms with Gasteiger partial charge in [-0.25, -0.2) is 0 Å². The average Bonchev–Trinajstić information content (AvgIpc) is 2.74. The zero-order valence-corrected chi connectivity index (χ0v) is 18.4. The molecule has 0 aliphatic carbocycles. The molecule has 0 aliphatic rings. The summed E-state index contributed by atoms with van der Waals surface area (Å²) in [4.78, 5) is 19.0. The van der Waals surface area contributed by atoms with Crippen molar-refractivity contribution in [3.05, 3.63) is 52.9 Å². The first-order chi connectivity index (χ1) is 14.5. The van der Waals surface area contributed by atoms with Gasteiger partial charge in [0.1, 0.15) is 12.0 Å². The van der Waals surface area contributed by atoms with Crippen molar-refractivity contribution in [3.8, 4) is 0 Å². The number of hydrogen-bond donors (Lipinski definition) is 1. The first-order valence-electron chi connectivity index (χ1n) is 10.5. The summed E-state index contributed by atoms with van der Waals surface area (Å²) in [5.41, 5.74) is 10.6. The molecule has 0 unspecified atom stereocenters. The zero-order valence-electron chi connectivity index (χ0n) is 18.4. The molecular weight excluding hydrogens is 376 g/mol. The average molecular weight is 409 g/mol. The summed E-state index contributed by atoms with van der Waals surface area (Å²) in [7, 11) is 3.53. The second-order valence-electron chi connectivity index (χ2n) is 7.88. The van der Waals surface area contributed by atoms with Gasteiger partial charge in [-0.2, -0.15) is 0 Å². The van der Waals surface area contributed by atoms with Gasteiger partial charge >= 0.3 is 0 Å². The first kappa shape index (κ1) is 21.8. The minimum Gasteiger partial charge on any atom is -0.395 e. The van der Waals surface area contributed by atoms with Crippen LogP contribution in [0.25, 0.3) is 21.8 Å². The minimum absolute atomic E-state index is 0.0984. The summed E-state index contributed by atoms with van der Waals surface area (Å²) in [6.07, 6.45) is 2.00. The highest BCUT2D eigenvalue weighted by atomic mass is 16.6. The van der Waals surface area contributed by atoms with E-state index in [-0.39, 0.29) is 5.91 Å². The van der Waals surface area contributed by atoms with Crippen molar-refractivity contribution in [2.24, 2.45) is 10.9 Å². The Labute approximate surface area is 177 Å². The van der Waals surface area contributed by atoms with E-state index in [1.54, 1.807) is 19.0 Å². The van der Waals surface area contributed by atoms with Crippen LogP contribution in [0.5, 0.6) is 0 Å². The standard InChI is InChI=1S/C24H32N4O2/c1-17-12-13-20-23(26-30-16-7-11-22(29)27(3)4)19-9-5-6-10-21(19)28(15-8-14-25)24(20)18(17)2/h5-6,9-10,12-13H,7-8,11,14-16,25H2,1-4H3/b26-23+. The number of hydrogen-bond acceptors (Lipinski definition) is 4. The van der Waals surface area contributed by atoms with Crippen molar-refractivity contribution in [1.82, 2.24) is 9.47 Å². The highest BCUT2D eigenvalue weighted by Crippen LogP contribution is 2.24. The van der Waals surface area contributed by atoms with Crippen LogP contribution in [0.4, 0.5) is 0 Å². The molecule has 0 spiro atoms. The molecule has 0 atom stereocenters. The molecule has 3 aromatic rings. The van der Waals surface area contributed by atoms with Crippen LogP contribution in [-0.2, 0) is 16.2 Å². The summed E-state index contributed by atoms with van der Waals surface area (Å²) in [6.45, 7) is 6.19. The van der Waals surface area contributed by atoms with Gasteiger partial charge in [0.05, 0.1) is 11.0 Å². The lowest BCUT2D eigenvalue weighted by atomic mass is 10.0. The van der Waals surface area contributed by atoms with Gasteiger partial charge in [0, 0.05) is 37.8 Å². The van der Waals surface area contributed by atoms with Crippen molar-refractivity contribution in [1.29, 1.82) is 0 Å². The lowest BCUT2D eigenvalue weighted by Gasteiger charge is -2.18. The fraction of sp³-hybridized carbons (Fsp3) is 0.417. The normalized spacial score (nSPS) is 12.0. The second-order valence-corrected chi connectivity index (χ2v) is 7.88. The van der Waals surface area contributed by atoms with Crippen LogP contribution in [0.15, 0.2) is 41.6 Å². The molecule has 0 saturated carbocycles. The van der Waals surface area contributed by atoms with Gasteiger partial charge in [0.25, 0.3) is 0 Å². The van der Waals surface area contributed by atoms with Crippen LogP contribution in [0.1, 0.15) is 30.4 Å². The highest BCUT2D eigenvalue weighted by molar-refractivity contribution is 5.95. The van der Waals surface area contributed by atoms with Crippen LogP contribution >= 0.6 is 0 Å². The number of nitrogens with two attached hydrogens (primary N) is 1. The van der Waals surface area contributed by atoms with Gasteiger partial charge in [0.15, 0.2) is 0 Å². The molecule has 6 nitrogen and oxygen atoms in total. The van der Waals surface area contributed by atoms with Gasteiger partial charge < -0.3 is 20.0 Å². The predicted molar refractivity (Wildman–Crippen MR) is 122 cm³/mol. The third kappa shape index (κ3) is 4.49. The Morgan fingerprint density at radius 3 is 2.60 bits per heavy atom. The van der Waals surface area contributed by atoms with Crippen LogP contribution in [-0.4, -0.2) is 42.6 Å². The Morgan fingerprint density at radius 2 is 1.87 bits per heavy atom. The number of rotatable bonds is 8. The summed E-state index contributed by atoms with van der Waals surface area (Å²) < 4.78 is 2.36. The maximum Gasteiger partial charge on any atom is 0.222 e. The second kappa shape index (κ2) is 9.76. The molecule has 160 valence electrons. The molecule has 0 radical (unpaired) electrons. The summed E-state index contributed by atoms with van der Waals surface area (Å²) in [5.74, 6) is 0.0984. The number of aromatic nitrogens is 1. The molecule has 2 N–H and O–H groups in total. The van der Waals surface area contributed by atoms with Crippen LogP contribution in [0, 0.1) is 13.8 Å². The first-order valence-corrected chi connectivity index (χ1v) is 10.5. The SMILES string of the molecule is Cc1ccc2/c(=N/OCCCC(=O)N(C)C)c3ccccc3n(CCCN)c2c1C. The van der Waals surface area contributed by atoms with Gasteiger partial charge in [-0.1, -0.05) is 35.5 Å². The molecule has 0 fully saturated rings. The number of carbonyl (C=O) groups excluding carboxylic acids is 1. The smallest absolute Gasteiger partial charge is 0.222 e. The van der Waals surface area contributed by atoms with E-state index in [1.165, 1.54) is 16.6 Å². The number of fused-ring (bicyclic) bond motifs is 2. The number of nitrogens with zero attached hydrogens (tertiary/aromatic N) is 3. The predicted octanol–water partition coefficient (Wildman–Crippen LogP) is 3.46. The van der Waals surface area contributed by atoms with Gasteiger partial charge in [-0.3, -0.25) is 4.79 Å². The van der Waals surface area contributed by atoms with E-state index in [0.717, 1.165) is 34.6 Å². The van der Waals surface area contributed by atoms with E-state index >= 15 is 0 Å². The number of para-hydroxylation sites is 1. The van der Waals surface area contributed by atoms with Gasteiger partial charge in [-0.05, 0) is 50.4 Å². The Bertz CT molecular complexity index is 1120. The lowest BCUT2D eigenvalue weighted by molar-refractivity contribution is -0.129. The molecule has 2 aromatic carbocycles. The van der Waals surface area contributed by atoms with E-state index < -0.39 is 0 Å². The maximum atomic E-state index is 11.7. The Morgan fingerprint density at radius 1 is 1.10 bits per heavy atom. The van der Waals surface area contributed by atoms with Crippen molar-refractivity contribution in [3.63, 3.8) is 0 Å². The summed E-state index contributed by atoms with van der Waals surface area (Å²) in [6, 6.07) is 12.5. The molecule has 3 rings (SSSR count). The van der Waals surface area contributed by atoms with Crippen molar-refractivity contribution in [2.75, 3.05) is 27.2 Å². The van der Waals surface area contributed by atoms with Crippen LogP contribution in [0.2, 0.25) is 0 Å². The zero-order chi connectivity index (χ0) is 21.7. The van der Waals surface area contributed by atoms with E-state index in [4.69, 9.17) is 10.6 Å². The fourth-order valence-electron chi connectivity index (χ4n) is 3.72. The fourth-order valence-corrected chi connectivity index (χ4v) is 3.72. The number of pyridine rings is 1. The molecule has 1 aromatic heterocycles. The third-order valence-electron chi connectivity index (χ3n) is 5.54. The van der Waals surface area contributed by atoms with Crippen LogP contribution in [0.3, 0.4) is 0 Å². The maximum absolute atomic E-state index is 11.7. The number of benzene rings is 2. The molecule has 1 amide bonds. The van der Waals surface area contributed by atoms with E-state index in [2.05, 4.69) is 53.9 Å². The minimum atomic E-state index is 0.0984. The van der Waals surface area contributed by atoms with E-state index in [0.29, 0.717) is 26.0 Å². The number of carbonyl (C=O) groups is 1. The quantitative estimate of drug-likeness (QED) is 0.352.